The van der Waals surface area contributed by atoms with Crippen LogP contribution in [0.5, 0.6) is 0 Å². The van der Waals surface area contributed by atoms with E-state index in [-0.39, 0.29) is 11.8 Å². The SMILES string of the molecule is Cc1ccccc1C(=O)Nc1cccc(-c2cc3c(o2)CCN(C(=O)C2CCC2)C3)c1. The number of rotatable bonds is 4. The van der Waals surface area contributed by atoms with Gasteiger partial charge in [-0.05, 0) is 49.6 Å². The number of nitrogens with one attached hydrogen (secondary N) is 1. The van der Waals surface area contributed by atoms with Gasteiger partial charge in [-0.2, -0.15) is 0 Å². The molecule has 2 heterocycles. The first-order chi connectivity index (χ1) is 15.1. The summed E-state index contributed by atoms with van der Waals surface area (Å²) in [5.41, 5.74) is 4.33. The van der Waals surface area contributed by atoms with Crippen LogP contribution < -0.4 is 5.32 Å². The molecule has 3 aromatic rings. The molecule has 158 valence electrons. The largest absolute Gasteiger partial charge is 0.461 e. The second-order valence-corrected chi connectivity index (χ2v) is 8.55. The van der Waals surface area contributed by atoms with Gasteiger partial charge in [0.15, 0.2) is 0 Å². The van der Waals surface area contributed by atoms with Gasteiger partial charge in [-0.25, -0.2) is 0 Å². The van der Waals surface area contributed by atoms with Crippen LogP contribution in [-0.4, -0.2) is 23.3 Å². The Balaban J connectivity index is 1.33. The summed E-state index contributed by atoms with van der Waals surface area (Å²) in [6.07, 6.45) is 3.97. The number of benzene rings is 2. The van der Waals surface area contributed by atoms with Gasteiger partial charge in [-0.1, -0.05) is 36.8 Å². The van der Waals surface area contributed by atoms with Gasteiger partial charge < -0.3 is 14.6 Å². The summed E-state index contributed by atoms with van der Waals surface area (Å²) in [4.78, 5) is 27.2. The van der Waals surface area contributed by atoms with Crippen molar-refractivity contribution in [2.45, 2.75) is 39.2 Å². The number of nitrogens with zero attached hydrogens (tertiary/aromatic N) is 1. The molecule has 2 amide bonds. The lowest BCUT2D eigenvalue weighted by Gasteiger charge is -2.33. The maximum atomic E-state index is 12.7. The standard InChI is InChI=1S/C26H26N2O3/c1-17-6-2-3-11-22(17)25(29)27-21-10-5-9-19(14-21)24-15-20-16-28(13-12-23(20)31-24)26(30)18-7-4-8-18/h2-3,5-6,9-11,14-15,18H,4,7-8,12-13,16H2,1H3,(H,27,29). The number of carbonyl (C=O) groups excluding carboxylic acids is 2. The average Bonchev–Trinajstić information content (AvgIpc) is 3.16. The van der Waals surface area contributed by atoms with Gasteiger partial charge >= 0.3 is 0 Å². The van der Waals surface area contributed by atoms with Crippen LogP contribution in [0, 0.1) is 12.8 Å². The molecule has 5 rings (SSSR count). The monoisotopic (exact) mass is 414 g/mol. The molecule has 1 aliphatic carbocycles. The summed E-state index contributed by atoms with van der Waals surface area (Å²) in [5, 5.41) is 2.98. The molecule has 0 radical (unpaired) electrons. The molecule has 2 aliphatic rings. The number of hydrogen-bond donors (Lipinski definition) is 1. The number of fused-ring (bicyclic) bond motifs is 1. The van der Waals surface area contributed by atoms with Gasteiger partial charge in [-0.15, -0.1) is 0 Å². The maximum absolute atomic E-state index is 12.7. The van der Waals surface area contributed by atoms with Crippen LogP contribution >= 0.6 is 0 Å². The Bertz CT molecular complexity index is 1140. The second kappa shape index (κ2) is 8.06. The number of carbonyl (C=O) groups is 2. The van der Waals surface area contributed by atoms with Crippen molar-refractivity contribution < 1.29 is 14.0 Å². The van der Waals surface area contributed by atoms with E-state index < -0.39 is 0 Å². The van der Waals surface area contributed by atoms with Crippen LogP contribution in [0.15, 0.2) is 59.0 Å². The Labute approximate surface area is 182 Å². The minimum Gasteiger partial charge on any atom is -0.461 e. The fourth-order valence-corrected chi connectivity index (χ4v) is 4.35. The highest BCUT2D eigenvalue weighted by molar-refractivity contribution is 6.05. The predicted octanol–water partition coefficient (Wildman–Crippen LogP) is 5.19. The van der Waals surface area contributed by atoms with Gasteiger partial charge in [0.05, 0.1) is 0 Å². The number of anilines is 1. The van der Waals surface area contributed by atoms with Crippen LogP contribution in [0.4, 0.5) is 5.69 Å². The van der Waals surface area contributed by atoms with Crippen molar-refractivity contribution in [1.29, 1.82) is 0 Å². The number of furan rings is 1. The van der Waals surface area contributed by atoms with E-state index in [0.29, 0.717) is 18.0 Å². The fraction of sp³-hybridized carbons (Fsp3) is 0.308. The zero-order chi connectivity index (χ0) is 21.4. The highest BCUT2D eigenvalue weighted by atomic mass is 16.3. The molecule has 1 aromatic heterocycles. The average molecular weight is 415 g/mol. The third-order valence-electron chi connectivity index (χ3n) is 6.43. The van der Waals surface area contributed by atoms with Crippen LogP contribution in [0.1, 0.15) is 46.5 Å². The molecule has 1 aliphatic heterocycles. The summed E-state index contributed by atoms with van der Waals surface area (Å²) >= 11 is 0. The number of aryl methyl sites for hydroxylation is 1. The summed E-state index contributed by atoms with van der Waals surface area (Å²) in [7, 11) is 0. The van der Waals surface area contributed by atoms with Gasteiger partial charge in [0.1, 0.15) is 11.5 Å². The summed E-state index contributed by atoms with van der Waals surface area (Å²) in [6, 6.07) is 17.3. The van der Waals surface area contributed by atoms with Crippen molar-refractivity contribution >= 4 is 17.5 Å². The van der Waals surface area contributed by atoms with Crippen molar-refractivity contribution in [1.82, 2.24) is 4.90 Å². The van der Waals surface area contributed by atoms with Gasteiger partial charge in [-0.3, -0.25) is 9.59 Å². The molecule has 0 unspecified atom stereocenters. The summed E-state index contributed by atoms with van der Waals surface area (Å²) in [5.74, 6) is 2.12. The smallest absolute Gasteiger partial charge is 0.255 e. The first kappa shape index (κ1) is 19.6. The van der Waals surface area contributed by atoms with E-state index in [4.69, 9.17) is 4.42 Å². The van der Waals surface area contributed by atoms with E-state index >= 15 is 0 Å². The van der Waals surface area contributed by atoms with E-state index in [2.05, 4.69) is 5.32 Å². The van der Waals surface area contributed by atoms with Crippen LogP contribution in [0.3, 0.4) is 0 Å². The summed E-state index contributed by atoms with van der Waals surface area (Å²) in [6.45, 7) is 3.28. The minimum absolute atomic E-state index is 0.126. The van der Waals surface area contributed by atoms with E-state index in [1.807, 2.05) is 66.4 Å². The highest BCUT2D eigenvalue weighted by Crippen LogP contribution is 2.33. The Morgan fingerprint density at radius 1 is 1.06 bits per heavy atom. The van der Waals surface area contributed by atoms with Gasteiger partial charge in [0.25, 0.3) is 5.91 Å². The lowest BCUT2D eigenvalue weighted by atomic mass is 9.84. The first-order valence-electron chi connectivity index (χ1n) is 11.0. The zero-order valence-electron chi connectivity index (χ0n) is 17.7. The van der Waals surface area contributed by atoms with E-state index in [0.717, 1.165) is 59.7 Å². The molecule has 0 atom stereocenters. The molecule has 31 heavy (non-hydrogen) atoms. The van der Waals surface area contributed by atoms with E-state index in [9.17, 15) is 9.59 Å². The minimum atomic E-state index is -0.126. The number of amides is 2. The van der Waals surface area contributed by atoms with Crippen molar-refractivity contribution in [3.63, 3.8) is 0 Å². The third kappa shape index (κ3) is 3.88. The number of hydrogen-bond acceptors (Lipinski definition) is 3. The van der Waals surface area contributed by atoms with Gasteiger partial charge in [0, 0.05) is 47.8 Å². The quantitative estimate of drug-likeness (QED) is 0.639. The lowest BCUT2D eigenvalue weighted by Crippen LogP contribution is -2.41. The zero-order valence-corrected chi connectivity index (χ0v) is 17.7. The highest BCUT2D eigenvalue weighted by Gasteiger charge is 2.32. The third-order valence-corrected chi connectivity index (χ3v) is 6.43. The first-order valence-corrected chi connectivity index (χ1v) is 11.0. The molecule has 1 fully saturated rings. The van der Waals surface area contributed by atoms with Gasteiger partial charge in [0.2, 0.25) is 5.91 Å². The molecule has 5 nitrogen and oxygen atoms in total. The molecule has 0 bridgehead atoms. The van der Waals surface area contributed by atoms with Crippen molar-refractivity contribution in [2.75, 3.05) is 11.9 Å². The molecular formula is C26H26N2O3. The van der Waals surface area contributed by atoms with Crippen LogP contribution in [-0.2, 0) is 17.8 Å². The lowest BCUT2D eigenvalue weighted by molar-refractivity contribution is -0.139. The Hall–Kier alpha value is -3.34. The predicted molar refractivity (Wildman–Crippen MR) is 120 cm³/mol. The Morgan fingerprint density at radius 2 is 1.90 bits per heavy atom. The molecule has 1 saturated carbocycles. The topological polar surface area (TPSA) is 62.6 Å². The van der Waals surface area contributed by atoms with Crippen LogP contribution in [0.25, 0.3) is 11.3 Å². The second-order valence-electron chi connectivity index (χ2n) is 8.55. The molecule has 2 aromatic carbocycles. The van der Waals surface area contributed by atoms with E-state index in [1.165, 1.54) is 6.42 Å². The summed E-state index contributed by atoms with van der Waals surface area (Å²) < 4.78 is 6.13. The Kier molecular flexibility index (Phi) is 5.10. The van der Waals surface area contributed by atoms with Crippen LogP contribution in [0.2, 0.25) is 0 Å². The molecular weight excluding hydrogens is 388 g/mol. The van der Waals surface area contributed by atoms with Crippen molar-refractivity contribution in [3.05, 3.63) is 77.0 Å². The molecule has 0 saturated heterocycles. The normalized spacial score (nSPS) is 15.8. The van der Waals surface area contributed by atoms with Crippen molar-refractivity contribution in [3.8, 4) is 11.3 Å². The Morgan fingerprint density at radius 3 is 2.68 bits per heavy atom. The molecule has 5 heteroatoms. The maximum Gasteiger partial charge on any atom is 0.255 e. The fourth-order valence-electron chi connectivity index (χ4n) is 4.35. The van der Waals surface area contributed by atoms with E-state index in [1.54, 1.807) is 0 Å². The van der Waals surface area contributed by atoms with Crippen molar-refractivity contribution in [2.24, 2.45) is 5.92 Å². The molecule has 1 N–H and O–H groups in total. The molecule has 0 spiro atoms.